The zero-order valence-corrected chi connectivity index (χ0v) is 9.70. The summed E-state index contributed by atoms with van der Waals surface area (Å²) < 4.78 is 0. The van der Waals surface area contributed by atoms with Crippen molar-refractivity contribution in [2.75, 3.05) is 39.0 Å². The number of piperidine rings is 1. The third-order valence-corrected chi connectivity index (χ3v) is 4.01. The van der Waals surface area contributed by atoms with Gasteiger partial charge in [0.2, 0.25) is 0 Å². The maximum Gasteiger partial charge on any atom is 0.00716 e. The van der Waals surface area contributed by atoms with Crippen LogP contribution < -0.4 is 5.32 Å². The molecule has 3 heteroatoms. The number of nitrogens with one attached hydrogen (secondary N) is 1. The van der Waals surface area contributed by atoms with Crippen LogP contribution in [0.5, 0.6) is 0 Å². The molecule has 0 amide bonds. The van der Waals surface area contributed by atoms with Crippen LogP contribution in [0, 0.1) is 0 Å². The summed E-state index contributed by atoms with van der Waals surface area (Å²) in [5.41, 5.74) is 0. The van der Waals surface area contributed by atoms with Crippen molar-refractivity contribution < 1.29 is 0 Å². The third-order valence-electron chi connectivity index (χ3n) is 2.65. The molecule has 0 aromatic rings. The topological polar surface area (TPSA) is 15.3 Å². The Hall–Kier alpha value is 0.270. The van der Waals surface area contributed by atoms with E-state index in [4.69, 9.17) is 0 Å². The van der Waals surface area contributed by atoms with Gasteiger partial charge in [-0.15, -0.1) is 0 Å². The van der Waals surface area contributed by atoms with Crippen LogP contribution in [0.15, 0.2) is 0 Å². The van der Waals surface area contributed by atoms with Crippen LogP contribution in [0.3, 0.4) is 0 Å². The van der Waals surface area contributed by atoms with Gasteiger partial charge in [-0.2, -0.15) is 11.8 Å². The van der Waals surface area contributed by atoms with Gasteiger partial charge >= 0.3 is 0 Å². The molecule has 1 fully saturated rings. The Morgan fingerprint density at radius 3 is 2.69 bits per heavy atom. The van der Waals surface area contributed by atoms with Gasteiger partial charge < -0.3 is 10.2 Å². The van der Waals surface area contributed by atoms with E-state index in [2.05, 4.69) is 35.9 Å². The summed E-state index contributed by atoms with van der Waals surface area (Å²) in [5, 5.41) is 4.32. The third kappa shape index (κ3) is 4.89. The lowest BCUT2D eigenvalue weighted by atomic mass is 10.2. The van der Waals surface area contributed by atoms with Gasteiger partial charge in [0.15, 0.2) is 0 Å². The molecule has 1 aliphatic rings. The van der Waals surface area contributed by atoms with Crippen molar-refractivity contribution in [1.29, 1.82) is 0 Å². The molecule has 0 unspecified atom stereocenters. The highest BCUT2D eigenvalue weighted by Crippen LogP contribution is 2.19. The van der Waals surface area contributed by atoms with Crippen molar-refractivity contribution in [2.45, 2.75) is 25.0 Å². The average Bonchev–Trinajstić information content (AvgIpc) is 2.19. The molecular weight excluding hydrogens is 180 g/mol. The fourth-order valence-corrected chi connectivity index (χ4v) is 2.81. The van der Waals surface area contributed by atoms with Crippen LogP contribution in [-0.2, 0) is 0 Å². The summed E-state index contributed by atoms with van der Waals surface area (Å²) in [6, 6.07) is 0. The predicted octanol–water partition coefficient (Wildman–Crippen LogP) is 1.42. The van der Waals surface area contributed by atoms with Gasteiger partial charge in [0, 0.05) is 17.5 Å². The molecule has 0 aromatic carbocycles. The van der Waals surface area contributed by atoms with E-state index in [9.17, 15) is 0 Å². The fourth-order valence-electron chi connectivity index (χ4n) is 1.50. The van der Waals surface area contributed by atoms with Crippen molar-refractivity contribution in [3.8, 4) is 0 Å². The van der Waals surface area contributed by atoms with E-state index in [1.165, 1.54) is 44.8 Å². The van der Waals surface area contributed by atoms with Crippen LogP contribution in [-0.4, -0.2) is 49.1 Å². The summed E-state index contributed by atoms with van der Waals surface area (Å²) >= 11 is 2.16. The van der Waals surface area contributed by atoms with Crippen LogP contribution in [0.4, 0.5) is 0 Å². The Morgan fingerprint density at radius 2 is 2.08 bits per heavy atom. The normalized spacial score (nSPS) is 19.6. The first-order valence-corrected chi connectivity index (χ1v) is 6.38. The molecule has 13 heavy (non-hydrogen) atoms. The lowest BCUT2D eigenvalue weighted by Crippen LogP contribution is -2.30. The second-order valence-corrected chi connectivity index (χ2v) is 5.12. The molecule has 0 aliphatic carbocycles. The quantitative estimate of drug-likeness (QED) is 0.726. The lowest BCUT2D eigenvalue weighted by molar-refractivity contribution is 0.376. The second kappa shape index (κ2) is 6.68. The summed E-state index contributed by atoms with van der Waals surface area (Å²) in [6.07, 6.45) is 2.72. The Morgan fingerprint density at radius 1 is 1.38 bits per heavy atom. The smallest absolute Gasteiger partial charge is 0.00716 e. The van der Waals surface area contributed by atoms with Gasteiger partial charge in [-0.1, -0.05) is 6.92 Å². The van der Waals surface area contributed by atoms with E-state index < -0.39 is 0 Å². The molecule has 0 saturated carbocycles. The van der Waals surface area contributed by atoms with Gasteiger partial charge in [-0.3, -0.25) is 0 Å². The van der Waals surface area contributed by atoms with Crippen LogP contribution in [0.25, 0.3) is 0 Å². The molecule has 1 aliphatic heterocycles. The van der Waals surface area contributed by atoms with Gasteiger partial charge in [-0.25, -0.2) is 0 Å². The minimum Gasteiger partial charge on any atom is -0.317 e. The van der Waals surface area contributed by atoms with Crippen LogP contribution in [0.2, 0.25) is 0 Å². The van der Waals surface area contributed by atoms with E-state index in [0.29, 0.717) is 0 Å². The lowest BCUT2D eigenvalue weighted by Gasteiger charge is -2.23. The van der Waals surface area contributed by atoms with Gasteiger partial charge in [0.1, 0.15) is 0 Å². The number of thioether (sulfide) groups is 1. The minimum absolute atomic E-state index is 0.923. The molecule has 0 radical (unpaired) electrons. The zero-order valence-electron chi connectivity index (χ0n) is 8.88. The number of nitrogens with zero attached hydrogens (tertiary/aromatic N) is 1. The first-order chi connectivity index (χ1) is 6.33. The Balaban J connectivity index is 1.98. The molecule has 0 bridgehead atoms. The van der Waals surface area contributed by atoms with Gasteiger partial charge in [-0.05, 0) is 39.5 Å². The largest absolute Gasteiger partial charge is 0.317 e. The average molecular weight is 202 g/mol. The van der Waals surface area contributed by atoms with Crippen LogP contribution in [0.1, 0.15) is 19.8 Å². The molecule has 1 heterocycles. The highest BCUT2D eigenvalue weighted by Gasteiger charge is 2.12. The monoisotopic (exact) mass is 202 g/mol. The minimum atomic E-state index is 0.923. The van der Waals surface area contributed by atoms with Crippen molar-refractivity contribution in [3.05, 3.63) is 0 Å². The van der Waals surface area contributed by atoms with E-state index in [1.807, 2.05) is 0 Å². The Kier molecular flexibility index (Phi) is 5.83. The molecule has 1 N–H and O–H groups in total. The predicted molar refractivity (Wildman–Crippen MR) is 61.5 cm³/mol. The standard InChI is InChI=1S/C10H22N2S/c1-3-12(2)8-9-13-10-4-6-11-7-5-10/h10-11H,3-9H2,1-2H3. The molecule has 0 aromatic heterocycles. The molecule has 0 spiro atoms. The number of rotatable bonds is 5. The fraction of sp³-hybridized carbons (Fsp3) is 1.00. The maximum atomic E-state index is 3.40. The van der Waals surface area contributed by atoms with Crippen molar-refractivity contribution >= 4 is 11.8 Å². The van der Waals surface area contributed by atoms with Crippen molar-refractivity contribution in [2.24, 2.45) is 0 Å². The molecule has 78 valence electrons. The highest BCUT2D eigenvalue weighted by molar-refractivity contribution is 7.99. The Bertz CT molecular complexity index is 124. The SMILES string of the molecule is CCN(C)CCSC1CCNCC1. The summed E-state index contributed by atoms with van der Waals surface area (Å²) in [4.78, 5) is 2.38. The molecule has 0 atom stereocenters. The summed E-state index contributed by atoms with van der Waals surface area (Å²) in [6.45, 7) is 7.08. The van der Waals surface area contributed by atoms with Gasteiger partial charge in [0.05, 0.1) is 0 Å². The second-order valence-electron chi connectivity index (χ2n) is 3.72. The summed E-state index contributed by atoms with van der Waals surface area (Å²) in [5.74, 6) is 1.30. The van der Waals surface area contributed by atoms with E-state index in [0.717, 1.165) is 5.25 Å². The molecular formula is C10H22N2S. The molecule has 2 nitrogen and oxygen atoms in total. The van der Waals surface area contributed by atoms with Crippen molar-refractivity contribution in [3.63, 3.8) is 0 Å². The first kappa shape index (κ1) is 11.3. The zero-order chi connectivity index (χ0) is 9.52. The Labute approximate surface area is 86.5 Å². The number of hydrogen-bond acceptors (Lipinski definition) is 3. The highest BCUT2D eigenvalue weighted by atomic mass is 32.2. The van der Waals surface area contributed by atoms with Crippen molar-refractivity contribution in [1.82, 2.24) is 10.2 Å². The van der Waals surface area contributed by atoms with Gasteiger partial charge in [0.25, 0.3) is 0 Å². The maximum absolute atomic E-state index is 3.40. The van der Waals surface area contributed by atoms with E-state index >= 15 is 0 Å². The molecule has 1 saturated heterocycles. The molecule has 1 rings (SSSR count). The van der Waals surface area contributed by atoms with E-state index in [1.54, 1.807) is 0 Å². The van der Waals surface area contributed by atoms with Crippen LogP contribution >= 0.6 is 11.8 Å². The first-order valence-electron chi connectivity index (χ1n) is 5.33. The summed E-state index contributed by atoms with van der Waals surface area (Å²) in [7, 11) is 2.20. The van der Waals surface area contributed by atoms with E-state index in [-0.39, 0.29) is 0 Å². The number of hydrogen-bond donors (Lipinski definition) is 1.